The molecule has 2 rings (SSSR count). The Morgan fingerprint density at radius 2 is 1.67 bits per heavy atom. The second-order valence-corrected chi connectivity index (χ2v) is 5.36. The van der Waals surface area contributed by atoms with E-state index in [1.54, 1.807) is 4.90 Å². The number of anilines is 1. The van der Waals surface area contributed by atoms with Crippen LogP contribution in [0, 0.1) is 0 Å². The summed E-state index contributed by atoms with van der Waals surface area (Å²) in [6.45, 7) is 9.77. The summed E-state index contributed by atoms with van der Waals surface area (Å²) in [5, 5.41) is 0. The molecule has 0 aliphatic carbocycles. The number of hydrogen-bond donors (Lipinski definition) is 0. The first kappa shape index (κ1) is 12.9. The van der Waals surface area contributed by atoms with Gasteiger partial charge in [0.25, 0.3) is 0 Å². The van der Waals surface area contributed by atoms with Crippen LogP contribution in [0.5, 0.6) is 0 Å². The Kier molecular flexibility index (Phi) is 3.60. The quantitative estimate of drug-likeness (QED) is 0.811. The Morgan fingerprint density at radius 3 is 2.06 bits per heavy atom. The van der Waals surface area contributed by atoms with E-state index in [4.69, 9.17) is 4.74 Å². The molecular formula is C15H21NO2. The van der Waals surface area contributed by atoms with Crippen LogP contribution < -0.4 is 4.90 Å². The van der Waals surface area contributed by atoms with Crippen molar-refractivity contribution in [2.24, 2.45) is 0 Å². The van der Waals surface area contributed by atoms with Gasteiger partial charge in [-0.2, -0.15) is 0 Å². The van der Waals surface area contributed by atoms with Gasteiger partial charge in [0, 0.05) is 0 Å². The summed E-state index contributed by atoms with van der Waals surface area (Å²) in [5.74, 6) is 0.791. The molecule has 0 bridgehead atoms. The molecule has 1 amide bonds. The van der Waals surface area contributed by atoms with Crippen molar-refractivity contribution < 1.29 is 9.53 Å². The van der Waals surface area contributed by atoms with Gasteiger partial charge in [0.15, 0.2) is 0 Å². The lowest BCUT2D eigenvalue weighted by Crippen LogP contribution is -2.26. The second kappa shape index (κ2) is 5.01. The Balaban J connectivity index is 2.56. The molecule has 0 unspecified atom stereocenters. The van der Waals surface area contributed by atoms with Crippen LogP contribution in [-0.2, 0) is 4.74 Å². The van der Waals surface area contributed by atoms with E-state index in [1.165, 1.54) is 11.1 Å². The molecule has 0 atom stereocenters. The highest BCUT2D eigenvalue weighted by Crippen LogP contribution is 2.36. The molecule has 1 heterocycles. The zero-order valence-corrected chi connectivity index (χ0v) is 11.6. The summed E-state index contributed by atoms with van der Waals surface area (Å²) < 4.78 is 5.08. The van der Waals surface area contributed by atoms with Gasteiger partial charge in [0.1, 0.15) is 6.61 Å². The second-order valence-electron chi connectivity index (χ2n) is 5.36. The Hall–Kier alpha value is -1.51. The number of hydrogen-bond acceptors (Lipinski definition) is 2. The van der Waals surface area contributed by atoms with E-state index in [1.807, 2.05) is 0 Å². The van der Waals surface area contributed by atoms with Crippen LogP contribution >= 0.6 is 0 Å². The zero-order valence-electron chi connectivity index (χ0n) is 11.6. The summed E-state index contributed by atoms with van der Waals surface area (Å²) in [6.07, 6.45) is -0.218. The number of carbonyl (C=O) groups excluding carboxylic acids is 1. The van der Waals surface area contributed by atoms with E-state index in [9.17, 15) is 4.79 Å². The van der Waals surface area contributed by atoms with E-state index in [0.29, 0.717) is 25.0 Å². The third-order valence-corrected chi connectivity index (χ3v) is 3.37. The molecule has 1 aliphatic heterocycles. The minimum absolute atomic E-state index is 0.218. The van der Waals surface area contributed by atoms with Crippen molar-refractivity contribution in [3.05, 3.63) is 29.3 Å². The Bertz CT molecular complexity index is 426. The van der Waals surface area contributed by atoms with Crippen molar-refractivity contribution in [1.29, 1.82) is 0 Å². The summed E-state index contributed by atoms with van der Waals surface area (Å²) in [5.41, 5.74) is 3.50. The maximum atomic E-state index is 11.8. The molecule has 0 N–H and O–H groups in total. The van der Waals surface area contributed by atoms with Crippen molar-refractivity contribution in [2.75, 3.05) is 18.1 Å². The first-order chi connectivity index (χ1) is 8.52. The Labute approximate surface area is 109 Å². The molecule has 3 heteroatoms. The molecule has 18 heavy (non-hydrogen) atoms. The normalized spacial score (nSPS) is 15.7. The van der Waals surface area contributed by atoms with Crippen molar-refractivity contribution in [3.63, 3.8) is 0 Å². The summed E-state index contributed by atoms with van der Waals surface area (Å²) in [6, 6.07) is 6.30. The van der Waals surface area contributed by atoms with E-state index in [-0.39, 0.29) is 6.09 Å². The topological polar surface area (TPSA) is 29.5 Å². The number of ether oxygens (including phenoxy) is 1. The van der Waals surface area contributed by atoms with Gasteiger partial charge in [0.05, 0.1) is 12.2 Å². The summed E-state index contributed by atoms with van der Waals surface area (Å²) >= 11 is 0. The molecule has 98 valence electrons. The molecule has 1 aromatic rings. The molecule has 0 aromatic heterocycles. The van der Waals surface area contributed by atoms with Crippen molar-refractivity contribution in [3.8, 4) is 0 Å². The number of nitrogens with zero attached hydrogens (tertiary/aromatic N) is 1. The lowest BCUT2D eigenvalue weighted by atomic mass is 9.92. The van der Waals surface area contributed by atoms with Gasteiger partial charge in [-0.05, 0) is 23.0 Å². The molecule has 0 radical (unpaired) electrons. The molecule has 1 saturated heterocycles. The summed E-state index contributed by atoms with van der Waals surface area (Å²) in [7, 11) is 0. The summed E-state index contributed by atoms with van der Waals surface area (Å²) in [4.78, 5) is 13.6. The predicted molar refractivity (Wildman–Crippen MR) is 73.3 cm³/mol. The van der Waals surface area contributed by atoms with Crippen molar-refractivity contribution >= 4 is 11.8 Å². The van der Waals surface area contributed by atoms with Crippen molar-refractivity contribution in [2.45, 2.75) is 39.5 Å². The number of benzene rings is 1. The van der Waals surface area contributed by atoms with E-state index in [2.05, 4.69) is 45.9 Å². The van der Waals surface area contributed by atoms with E-state index in [0.717, 1.165) is 5.69 Å². The van der Waals surface area contributed by atoms with Gasteiger partial charge in [0.2, 0.25) is 0 Å². The number of carbonyl (C=O) groups is 1. The van der Waals surface area contributed by atoms with Crippen LogP contribution in [0.15, 0.2) is 18.2 Å². The molecular weight excluding hydrogens is 226 g/mol. The van der Waals surface area contributed by atoms with Crippen LogP contribution in [0.1, 0.15) is 50.7 Å². The number of cyclic esters (lactones) is 1. The lowest BCUT2D eigenvalue weighted by molar-refractivity contribution is 0.181. The largest absolute Gasteiger partial charge is 0.447 e. The molecule has 0 spiro atoms. The number of amides is 1. The highest BCUT2D eigenvalue weighted by atomic mass is 16.6. The third kappa shape index (κ3) is 2.22. The average molecular weight is 247 g/mol. The zero-order chi connectivity index (χ0) is 13.3. The number of rotatable bonds is 3. The SMILES string of the molecule is CC(C)c1cccc(C(C)C)c1N1CCOC1=O. The average Bonchev–Trinajstić information content (AvgIpc) is 2.74. The first-order valence-electron chi connectivity index (χ1n) is 6.59. The third-order valence-electron chi connectivity index (χ3n) is 3.37. The van der Waals surface area contributed by atoms with Gasteiger partial charge in [-0.3, -0.25) is 4.90 Å². The fourth-order valence-electron chi connectivity index (χ4n) is 2.42. The molecule has 1 aromatic carbocycles. The van der Waals surface area contributed by atoms with Gasteiger partial charge in [-0.1, -0.05) is 45.9 Å². The predicted octanol–water partition coefficient (Wildman–Crippen LogP) is 3.89. The van der Waals surface area contributed by atoms with Gasteiger partial charge in [-0.25, -0.2) is 4.79 Å². The number of para-hydroxylation sites is 1. The monoisotopic (exact) mass is 247 g/mol. The first-order valence-corrected chi connectivity index (χ1v) is 6.59. The van der Waals surface area contributed by atoms with Crippen LogP contribution in [0.4, 0.5) is 10.5 Å². The van der Waals surface area contributed by atoms with Crippen LogP contribution in [0.3, 0.4) is 0 Å². The maximum Gasteiger partial charge on any atom is 0.414 e. The van der Waals surface area contributed by atoms with Crippen LogP contribution in [0.2, 0.25) is 0 Å². The fraction of sp³-hybridized carbons (Fsp3) is 0.533. The molecule has 3 nitrogen and oxygen atoms in total. The van der Waals surface area contributed by atoms with Crippen molar-refractivity contribution in [1.82, 2.24) is 0 Å². The van der Waals surface area contributed by atoms with E-state index >= 15 is 0 Å². The Morgan fingerprint density at radius 1 is 1.11 bits per heavy atom. The molecule has 1 aliphatic rings. The van der Waals surface area contributed by atoms with Gasteiger partial charge < -0.3 is 4.74 Å². The highest BCUT2D eigenvalue weighted by Gasteiger charge is 2.28. The molecule has 1 fully saturated rings. The standard InChI is InChI=1S/C15H21NO2/c1-10(2)12-6-5-7-13(11(3)4)14(12)16-8-9-18-15(16)17/h5-7,10-11H,8-9H2,1-4H3. The van der Waals surface area contributed by atoms with Gasteiger partial charge >= 0.3 is 6.09 Å². The minimum Gasteiger partial charge on any atom is -0.447 e. The lowest BCUT2D eigenvalue weighted by Gasteiger charge is -2.24. The fourth-order valence-corrected chi connectivity index (χ4v) is 2.42. The minimum atomic E-state index is -0.218. The van der Waals surface area contributed by atoms with Crippen LogP contribution in [-0.4, -0.2) is 19.2 Å². The highest BCUT2D eigenvalue weighted by molar-refractivity contribution is 5.91. The van der Waals surface area contributed by atoms with Gasteiger partial charge in [-0.15, -0.1) is 0 Å². The molecule has 0 saturated carbocycles. The smallest absolute Gasteiger partial charge is 0.414 e. The van der Waals surface area contributed by atoms with Crippen LogP contribution in [0.25, 0.3) is 0 Å². The maximum absolute atomic E-state index is 11.8. The van der Waals surface area contributed by atoms with E-state index < -0.39 is 0 Å².